The fraction of sp³-hybridized carbons (Fsp3) is 0.0909. The molecule has 64 valence electrons. The first-order valence-electron chi connectivity index (χ1n) is 4.24. The van der Waals surface area contributed by atoms with Crippen molar-refractivity contribution in [1.29, 1.82) is 0 Å². The first kappa shape index (κ1) is 7.92. The van der Waals surface area contributed by atoms with Crippen LogP contribution in [0.3, 0.4) is 0 Å². The maximum atomic E-state index is 4.05. The average molecular weight is 171 g/mol. The lowest BCUT2D eigenvalue weighted by Gasteiger charge is -1.97. The molecule has 2 nitrogen and oxygen atoms in total. The van der Waals surface area contributed by atoms with Crippen LogP contribution in [0.2, 0.25) is 0 Å². The van der Waals surface area contributed by atoms with E-state index in [9.17, 15) is 0 Å². The van der Waals surface area contributed by atoms with Crippen molar-refractivity contribution >= 4 is 0 Å². The van der Waals surface area contributed by atoms with Gasteiger partial charge in [0.25, 0.3) is 6.33 Å². The highest BCUT2D eigenvalue weighted by molar-refractivity contribution is 5.26. The molecule has 0 spiro atoms. The Morgan fingerprint density at radius 3 is 2.54 bits per heavy atom. The molecule has 1 heterocycles. The van der Waals surface area contributed by atoms with Crippen LogP contribution in [-0.4, -0.2) is 4.98 Å². The fourth-order valence-corrected chi connectivity index (χ4v) is 1.20. The van der Waals surface area contributed by atoms with E-state index in [-0.39, 0.29) is 0 Å². The highest BCUT2D eigenvalue weighted by Gasteiger charge is 1.98. The monoisotopic (exact) mass is 171 g/mol. The van der Waals surface area contributed by atoms with E-state index >= 15 is 0 Å². The second-order valence-corrected chi connectivity index (χ2v) is 3.00. The third-order valence-electron chi connectivity index (χ3n) is 1.94. The van der Waals surface area contributed by atoms with E-state index in [1.165, 1.54) is 5.56 Å². The van der Waals surface area contributed by atoms with E-state index in [2.05, 4.69) is 36.2 Å². The van der Waals surface area contributed by atoms with Gasteiger partial charge in [0.2, 0.25) is 0 Å². The summed E-state index contributed by atoms with van der Waals surface area (Å²) in [6.45, 7) is 2.08. The molecule has 2 rings (SSSR count). The lowest BCUT2D eigenvalue weighted by Crippen LogP contribution is -2.29. The number of rotatable bonds is 1. The first-order chi connectivity index (χ1) is 6.36. The van der Waals surface area contributed by atoms with Gasteiger partial charge >= 0.3 is 0 Å². The molecule has 0 atom stereocenters. The minimum atomic E-state index is 1.14. The molecule has 0 saturated carbocycles. The van der Waals surface area contributed by atoms with Gasteiger partial charge in [-0.25, -0.2) is 4.57 Å². The minimum absolute atomic E-state index is 1.14. The third kappa shape index (κ3) is 1.72. The second-order valence-electron chi connectivity index (χ2n) is 3.00. The Morgan fingerprint density at radius 1 is 1.15 bits per heavy atom. The van der Waals surface area contributed by atoms with Crippen molar-refractivity contribution in [3.8, 4) is 5.69 Å². The Hall–Kier alpha value is -1.70. The molecular weight excluding hydrogens is 160 g/mol. The van der Waals surface area contributed by atoms with Gasteiger partial charge in [-0.3, -0.25) is 0 Å². The van der Waals surface area contributed by atoms with Gasteiger partial charge in [0, 0.05) is 6.07 Å². The Labute approximate surface area is 77.5 Å². The molecule has 0 aliphatic heterocycles. The molecule has 13 heavy (non-hydrogen) atoms. The van der Waals surface area contributed by atoms with E-state index in [4.69, 9.17) is 0 Å². The van der Waals surface area contributed by atoms with Gasteiger partial charge in [-0.1, -0.05) is 22.7 Å². The molecule has 0 fully saturated rings. The molecule has 1 aromatic heterocycles. The van der Waals surface area contributed by atoms with Crippen LogP contribution < -0.4 is 4.57 Å². The predicted molar refractivity (Wildman–Crippen MR) is 50.5 cm³/mol. The minimum Gasteiger partial charge on any atom is -0.203 e. The van der Waals surface area contributed by atoms with Crippen molar-refractivity contribution in [3.63, 3.8) is 0 Å². The summed E-state index contributed by atoms with van der Waals surface area (Å²) in [4.78, 5) is 4.05. The summed E-state index contributed by atoms with van der Waals surface area (Å²) < 4.78 is 1.99. The van der Waals surface area contributed by atoms with Crippen molar-refractivity contribution in [1.82, 2.24) is 4.98 Å². The summed E-state index contributed by atoms with van der Waals surface area (Å²) in [7, 11) is 0. The lowest BCUT2D eigenvalue weighted by atomic mass is 10.2. The topological polar surface area (TPSA) is 16.8 Å². The van der Waals surface area contributed by atoms with Crippen LogP contribution in [-0.2, 0) is 0 Å². The fourth-order valence-electron chi connectivity index (χ4n) is 1.20. The summed E-state index contributed by atoms with van der Waals surface area (Å²) >= 11 is 0. The van der Waals surface area contributed by atoms with Gasteiger partial charge in [-0.15, -0.1) is 0 Å². The van der Waals surface area contributed by atoms with Crippen molar-refractivity contribution in [2.75, 3.05) is 0 Å². The Bertz CT molecular complexity index is 379. The van der Waals surface area contributed by atoms with Gasteiger partial charge in [-0.05, 0) is 19.1 Å². The maximum Gasteiger partial charge on any atom is 0.291 e. The summed E-state index contributed by atoms with van der Waals surface area (Å²) in [5.41, 5.74) is 2.41. The van der Waals surface area contributed by atoms with Crippen molar-refractivity contribution in [2.45, 2.75) is 6.92 Å². The molecule has 0 bridgehead atoms. The molecule has 1 aromatic carbocycles. The molecule has 0 radical (unpaired) electrons. The molecule has 0 aliphatic rings. The largest absolute Gasteiger partial charge is 0.291 e. The molecule has 0 saturated heterocycles. The van der Waals surface area contributed by atoms with Gasteiger partial charge in [-0.2, -0.15) is 0 Å². The number of benzene rings is 1. The van der Waals surface area contributed by atoms with Crippen LogP contribution in [0.1, 0.15) is 5.56 Å². The quantitative estimate of drug-likeness (QED) is 0.596. The van der Waals surface area contributed by atoms with Gasteiger partial charge in [0.05, 0.1) is 6.20 Å². The highest BCUT2D eigenvalue weighted by Crippen LogP contribution is 2.01. The molecular formula is C11H11N2+. The molecule has 2 heteroatoms. The van der Waals surface area contributed by atoms with Crippen LogP contribution in [0.15, 0.2) is 49.1 Å². The lowest BCUT2D eigenvalue weighted by molar-refractivity contribution is -0.599. The van der Waals surface area contributed by atoms with Crippen LogP contribution >= 0.6 is 0 Å². The maximum absolute atomic E-state index is 4.05. The van der Waals surface area contributed by atoms with E-state index in [1.807, 2.05) is 16.8 Å². The zero-order chi connectivity index (χ0) is 9.10. The number of aryl methyl sites for hydroxylation is 1. The Morgan fingerprint density at radius 2 is 1.92 bits per heavy atom. The number of hydrogen-bond donors (Lipinski definition) is 0. The molecule has 0 amide bonds. The molecule has 0 N–H and O–H groups in total. The summed E-state index contributed by atoms with van der Waals surface area (Å²) in [5, 5.41) is 0. The van der Waals surface area contributed by atoms with Crippen molar-refractivity contribution < 1.29 is 4.57 Å². The molecule has 2 aromatic rings. The van der Waals surface area contributed by atoms with Crippen molar-refractivity contribution in [2.24, 2.45) is 0 Å². The number of nitrogens with zero attached hydrogens (tertiary/aromatic N) is 2. The summed E-state index contributed by atoms with van der Waals surface area (Å²) in [6.07, 6.45) is 5.55. The van der Waals surface area contributed by atoms with Gasteiger partial charge in [0.15, 0.2) is 0 Å². The van der Waals surface area contributed by atoms with Crippen LogP contribution in [0.4, 0.5) is 0 Å². The van der Waals surface area contributed by atoms with E-state index in [0.717, 1.165) is 5.69 Å². The van der Waals surface area contributed by atoms with Gasteiger partial charge < -0.3 is 0 Å². The predicted octanol–water partition coefficient (Wildman–Crippen LogP) is 1.67. The first-order valence-corrected chi connectivity index (χ1v) is 4.24. The zero-order valence-electron chi connectivity index (χ0n) is 7.51. The second kappa shape index (κ2) is 3.35. The average Bonchev–Trinajstić information content (AvgIpc) is 2.20. The van der Waals surface area contributed by atoms with E-state index < -0.39 is 0 Å². The molecule has 0 unspecified atom stereocenters. The standard InChI is InChI=1S/C11H11N2/c1-10-3-5-11(6-4-10)13-8-2-7-12-9-13/h2-9H,1H3/q+1. The van der Waals surface area contributed by atoms with Crippen LogP contribution in [0.5, 0.6) is 0 Å². The summed E-state index contributed by atoms with van der Waals surface area (Å²) in [5.74, 6) is 0. The normalized spacial score (nSPS) is 9.92. The Kier molecular flexibility index (Phi) is 2.04. The Balaban J connectivity index is 2.42. The van der Waals surface area contributed by atoms with Crippen LogP contribution in [0.25, 0.3) is 5.69 Å². The van der Waals surface area contributed by atoms with Crippen LogP contribution in [0, 0.1) is 6.92 Å². The van der Waals surface area contributed by atoms with E-state index in [1.54, 1.807) is 12.5 Å². The molecule has 0 aliphatic carbocycles. The number of hydrogen-bond acceptors (Lipinski definition) is 1. The number of aromatic nitrogens is 2. The van der Waals surface area contributed by atoms with E-state index in [0.29, 0.717) is 0 Å². The SMILES string of the molecule is Cc1ccc(-[n+]2cccnc2)cc1. The van der Waals surface area contributed by atoms with Gasteiger partial charge in [0.1, 0.15) is 11.9 Å². The highest BCUT2D eigenvalue weighted by atomic mass is 15.0. The smallest absolute Gasteiger partial charge is 0.203 e. The zero-order valence-corrected chi connectivity index (χ0v) is 7.51. The third-order valence-corrected chi connectivity index (χ3v) is 1.94. The summed E-state index contributed by atoms with van der Waals surface area (Å²) in [6, 6.07) is 10.3. The van der Waals surface area contributed by atoms with Crippen molar-refractivity contribution in [3.05, 3.63) is 54.6 Å².